The number of fused-ring (bicyclic) bond motifs is 1. The lowest BCUT2D eigenvalue weighted by Crippen LogP contribution is -2.23. The third-order valence-corrected chi connectivity index (χ3v) is 4.29. The highest BCUT2D eigenvalue weighted by Gasteiger charge is 2.08. The molecule has 0 fully saturated rings. The number of anilines is 2. The first-order valence-corrected chi connectivity index (χ1v) is 9.12. The molecule has 0 unspecified atom stereocenters. The van der Waals surface area contributed by atoms with Crippen molar-refractivity contribution in [1.29, 1.82) is 0 Å². The van der Waals surface area contributed by atoms with Gasteiger partial charge < -0.3 is 20.9 Å². The molecule has 144 valence electrons. The SMILES string of the molecule is O=C(Nc1ccccc1)Nc1ccc(C(=O)NCc2nc3ccccc3[nH]2)cc1. The molecule has 0 aliphatic heterocycles. The zero-order valence-electron chi connectivity index (χ0n) is 15.5. The number of nitrogens with one attached hydrogen (secondary N) is 4. The van der Waals surface area contributed by atoms with Gasteiger partial charge in [-0.15, -0.1) is 0 Å². The van der Waals surface area contributed by atoms with Crippen molar-refractivity contribution in [2.45, 2.75) is 6.54 Å². The van der Waals surface area contributed by atoms with E-state index >= 15 is 0 Å². The largest absolute Gasteiger partial charge is 0.345 e. The van der Waals surface area contributed by atoms with Crippen LogP contribution in [-0.2, 0) is 6.54 Å². The summed E-state index contributed by atoms with van der Waals surface area (Å²) in [5.74, 6) is 0.473. The number of amides is 3. The Morgan fingerprint density at radius 2 is 1.45 bits per heavy atom. The first kappa shape index (κ1) is 18.2. The van der Waals surface area contributed by atoms with Gasteiger partial charge in [0.25, 0.3) is 5.91 Å². The minimum absolute atomic E-state index is 0.217. The van der Waals surface area contributed by atoms with Crippen molar-refractivity contribution < 1.29 is 9.59 Å². The normalized spacial score (nSPS) is 10.5. The van der Waals surface area contributed by atoms with Gasteiger partial charge in [0, 0.05) is 16.9 Å². The fourth-order valence-electron chi connectivity index (χ4n) is 2.88. The summed E-state index contributed by atoms with van der Waals surface area (Å²) >= 11 is 0. The quantitative estimate of drug-likeness (QED) is 0.415. The van der Waals surface area contributed by atoms with Gasteiger partial charge >= 0.3 is 6.03 Å². The first-order valence-electron chi connectivity index (χ1n) is 9.12. The van der Waals surface area contributed by atoms with Crippen LogP contribution in [-0.4, -0.2) is 21.9 Å². The number of rotatable bonds is 5. The topological polar surface area (TPSA) is 98.9 Å². The Balaban J connectivity index is 1.32. The summed E-state index contributed by atoms with van der Waals surface area (Å²) in [5.41, 5.74) is 3.58. The van der Waals surface area contributed by atoms with E-state index in [0.29, 0.717) is 29.3 Å². The molecule has 4 rings (SSSR count). The Bertz CT molecular complexity index is 1100. The van der Waals surface area contributed by atoms with Crippen molar-refractivity contribution >= 4 is 34.3 Å². The van der Waals surface area contributed by atoms with Crippen LogP contribution in [0.2, 0.25) is 0 Å². The maximum absolute atomic E-state index is 12.4. The Kier molecular flexibility index (Phi) is 5.20. The van der Waals surface area contributed by atoms with Crippen LogP contribution in [0.15, 0.2) is 78.9 Å². The number of hydrogen-bond acceptors (Lipinski definition) is 3. The van der Waals surface area contributed by atoms with E-state index in [2.05, 4.69) is 25.9 Å². The summed E-state index contributed by atoms with van der Waals surface area (Å²) in [7, 11) is 0. The number of carbonyl (C=O) groups excluding carboxylic acids is 2. The van der Waals surface area contributed by atoms with Gasteiger partial charge in [-0.3, -0.25) is 4.79 Å². The van der Waals surface area contributed by atoms with Gasteiger partial charge in [-0.2, -0.15) is 0 Å². The van der Waals surface area contributed by atoms with E-state index in [1.807, 2.05) is 42.5 Å². The van der Waals surface area contributed by atoms with Crippen molar-refractivity contribution in [3.8, 4) is 0 Å². The lowest BCUT2D eigenvalue weighted by molar-refractivity contribution is 0.0950. The van der Waals surface area contributed by atoms with E-state index < -0.39 is 0 Å². The van der Waals surface area contributed by atoms with E-state index in [0.717, 1.165) is 11.0 Å². The van der Waals surface area contributed by atoms with Crippen molar-refractivity contribution in [2.75, 3.05) is 10.6 Å². The molecule has 0 saturated carbocycles. The van der Waals surface area contributed by atoms with Crippen molar-refractivity contribution in [3.05, 3.63) is 90.3 Å². The number of benzene rings is 3. The Hall–Kier alpha value is -4.13. The molecule has 4 N–H and O–H groups in total. The van der Waals surface area contributed by atoms with E-state index in [-0.39, 0.29) is 11.9 Å². The van der Waals surface area contributed by atoms with Crippen LogP contribution in [0.25, 0.3) is 11.0 Å². The molecule has 29 heavy (non-hydrogen) atoms. The third-order valence-electron chi connectivity index (χ3n) is 4.29. The van der Waals surface area contributed by atoms with Crippen molar-refractivity contribution in [3.63, 3.8) is 0 Å². The monoisotopic (exact) mass is 385 g/mol. The molecule has 0 spiro atoms. The minimum atomic E-state index is -0.349. The molecule has 1 heterocycles. The number of nitrogens with zero attached hydrogens (tertiary/aromatic N) is 1. The van der Waals surface area contributed by atoms with Crippen LogP contribution in [0, 0.1) is 0 Å². The highest BCUT2D eigenvalue weighted by molar-refractivity contribution is 6.00. The number of aromatic amines is 1. The van der Waals surface area contributed by atoms with Crippen LogP contribution in [0.4, 0.5) is 16.2 Å². The first-order chi connectivity index (χ1) is 14.2. The molecule has 0 saturated heterocycles. The van der Waals surface area contributed by atoms with E-state index in [1.165, 1.54) is 0 Å². The zero-order chi connectivity index (χ0) is 20.1. The van der Waals surface area contributed by atoms with Crippen LogP contribution < -0.4 is 16.0 Å². The molecular weight excluding hydrogens is 366 g/mol. The number of H-pyrrole nitrogens is 1. The second-order valence-corrected chi connectivity index (χ2v) is 6.41. The molecule has 0 aliphatic rings. The molecule has 3 aromatic carbocycles. The molecule has 0 atom stereocenters. The molecule has 7 nitrogen and oxygen atoms in total. The molecule has 7 heteroatoms. The van der Waals surface area contributed by atoms with E-state index in [4.69, 9.17) is 0 Å². The lowest BCUT2D eigenvalue weighted by Gasteiger charge is -2.08. The maximum atomic E-state index is 12.4. The molecule has 4 aromatic rings. The highest BCUT2D eigenvalue weighted by Crippen LogP contribution is 2.13. The molecule has 0 radical (unpaired) electrons. The summed E-state index contributed by atoms with van der Waals surface area (Å²) in [6, 6.07) is 23.2. The van der Waals surface area contributed by atoms with Crippen molar-refractivity contribution in [1.82, 2.24) is 15.3 Å². The van der Waals surface area contributed by atoms with Gasteiger partial charge in [-0.1, -0.05) is 30.3 Å². The zero-order valence-corrected chi connectivity index (χ0v) is 15.5. The van der Waals surface area contributed by atoms with Crippen LogP contribution in [0.1, 0.15) is 16.2 Å². The Morgan fingerprint density at radius 1 is 0.793 bits per heavy atom. The second-order valence-electron chi connectivity index (χ2n) is 6.41. The van der Waals surface area contributed by atoms with Crippen LogP contribution in [0.5, 0.6) is 0 Å². The molecular formula is C22H19N5O2. The summed E-state index contributed by atoms with van der Waals surface area (Å²) in [4.78, 5) is 32.0. The smallest absolute Gasteiger partial charge is 0.323 e. The second kappa shape index (κ2) is 8.26. The van der Waals surface area contributed by atoms with Crippen molar-refractivity contribution in [2.24, 2.45) is 0 Å². The summed E-state index contributed by atoms with van der Waals surface area (Å²) in [5, 5.41) is 8.31. The van der Waals surface area contributed by atoms with Gasteiger partial charge in [-0.05, 0) is 48.5 Å². The minimum Gasteiger partial charge on any atom is -0.345 e. The average Bonchev–Trinajstić information content (AvgIpc) is 3.16. The van der Waals surface area contributed by atoms with Gasteiger partial charge in [0.1, 0.15) is 5.82 Å². The fourth-order valence-corrected chi connectivity index (χ4v) is 2.88. The van der Waals surface area contributed by atoms with Gasteiger partial charge in [0.05, 0.1) is 17.6 Å². The number of imidazole rings is 1. The number of urea groups is 1. The van der Waals surface area contributed by atoms with Crippen LogP contribution >= 0.6 is 0 Å². The number of carbonyl (C=O) groups is 2. The van der Waals surface area contributed by atoms with Crippen LogP contribution in [0.3, 0.4) is 0 Å². The average molecular weight is 385 g/mol. The highest BCUT2D eigenvalue weighted by atomic mass is 16.2. The predicted octanol–water partition coefficient (Wildman–Crippen LogP) is 4.14. The maximum Gasteiger partial charge on any atom is 0.323 e. The summed E-state index contributed by atoms with van der Waals surface area (Å²) in [6.07, 6.45) is 0. The number of para-hydroxylation sites is 3. The fraction of sp³-hybridized carbons (Fsp3) is 0.0455. The predicted molar refractivity (Wildman–Crippen MR) is 113 cm³/mol. The molecule has 0 bridgehead atoms. The van der Waals surface area contributed by atoms with E-state index in [1.54, 1.807) is 36.4 Å². The molecule has 3 amide bonds. The standard InChI is InChI=1S/C22H19N5O2/c28-21(23-14-20-26-18-8-4-5-9-19(18)27-20)15-10-12-17(13-11-15)25-22(29)24-16-6-2-1-3-7-16/h1-13H,14H2,(H,23,28)(H,26,27)(H2,24,25,29). The van der Waals surface area contributed by atoms with Gasteiger partial charge in [-0.25, -0.2) is 9.78 Å². The number of hydrogen-bond donors (Lipinski definition) is 4. The van der Waals surface area contributed by atoms with Gasteiger partial charge in [0.15, 0.2) is 0 Å². The Labute approximate surface area is 167 Å². The summed E-state index contributed by atoms with van der Waals surface area (Å²) < 4.78 is 0. The molecule has 1 aromatic heterocycles. The Morgan fingerprint density at radius 3 is 2.17 bits per heavy atom. The number of aromatic nitrogens is 2. The third kappa shape index (κ3) is 4.59. The van der Waals surface area contributed by atoms with Gasteiger partial charge in [0.2, 0.25) is 0 Å². The van der Waals surface area contributed by atoms with E-state index in [9.17, 15) is 9.59 Å². The molecule has 0 aliphatic carbocycles. The summed E-state index contributed by atoms with van der Waals surface area (Å²) in [6.45, 7) is 0.299. The lowest BCUT2D eigenvalue weighted by atomic mass is 10.2.